The van der Waals surface area contributed by atoms with Crippen LogP contribution in [-0.4, -0.2) is 43.9 Å². The normalized spacial score (nSPS) is 19.1. The lowest BCUT2D eigenvalue weighted by Gasteiger charge is -2.27. The van der Waals surface area contributed by atoms with Crippen molar-refractivity contribution in [2.24, 2.45) is 0 Å². The van der Waals surface area contributed by atoms with Gasteiger partial charge in [0.15, 0.2) is 11.5 Å². The van der Waals surface area contributed by atoms with Gasteiger partial charge in [-0.1, -0.05) is 32.0 Å². The molecule has 27 heavy (non-hydrogen) atoms. The minimum atomic E-state index is -0.240. The minimum absolute atomic E-state index is 0.240. The van der Waals surface area contributed by atoms with Crippen LogP contribution >= 0.6 is 0 Å². The van der Waals surface area contributed by atoms with Crippen LogP contribution in [0.5, 0.6) is 17.2 Å². The summed E-state index contributed by atoms with van der Waals surface area (Å²) in [4.78, 5) is 2.37. The van der Waals surface area contributed by atoms with E-state index in [1.165, 1.54) is 0 Å². The number of anilines is 1. The zero-order valence-electron chi connectivity index (χ0n) is 16.9. The molecule has 1 fully saturated rings. The smallest absolute Gasteiger partial charge is 0.162 e. The molecule has 3 rings (SSSR count). The number of nitrogens with two attached hydrogens (primary N) is 1. The van der Waals surface area contributed by atoms with Crippen molar-refractivity contribution in [2.45, 2.75) is 32.8 Å². The van der Waals surface area contributed by atoms with Gasteiger partial charge in [-0.3, -0.25) is 4.90 Å². The van der Waals surface area contributed by atoms with E-state index >= 15 is 0 Å². The molecule has 1 heterocycles. The summed E-state index contributed by atoms with van der Waals surface area (Å²) in [5, 5.41) is 0. The van der Waals surface area contributed by atoms with Crippen molar-refractivity contribution in [3.8, 4) is 17.2 Å². The van der Waals surface area contributed by atoms with Crippen LogP contribution in [0.25, 0.3) is 0 Å². The summed E-state index contributed by atoms with van der Waals surface area (Å²) < 4.78 is 17.4. The first-order valence-electron chi connectivity index (χ1n) is 9.61. The molecule has 0 amide bonds. The van der Waals surface area contributed by atoms with Gasteiger partial charge in [-0.2, -0.15) is 0 Å². The predicted octanol–water partition coefficient (Wildman–Crippen LogP) is 4.23. The average molecular weight is 373 g/mol. The maximum Gasteiger partial charge on any atom is 0.162 e. The fraction of sp³-hybridized carbons (Fsp3) is 0.455. The highest BCUT2D eigenvalue weighted by Gasteiger charge is 2.36. The maximum atomic E-state index is 6.27. The van der Waals surface area contributed by atoms with Crippen molar-refractivity contribution in [3.05, 3.63) is 48.5 Å². The molecule has 1 aliphatic heterocycles. The van der Waals surface area contributed by atoms with Crippen molar-refractivity contribution >= 4 is 5.69 Å². The first kappa shape index (κ1) is 20.9. The van der Waals surface area contributed by atoms with E-state index in [1.807, 2.05) is 56.3 Å². The predicted molar refractivity (Wildman–Crippen MR) is 111 cm³/mol. The largest absolute Gasteiger partial charge is 0.493 e. The topological polar surface area (TPSA) is 57.0 Å². The Morgan fingerprint density at radius 3 is 2.52 bits per heavy atom. The van der Waals surface area contributed by atoms with Crippen molar-refractivity contribution < 1.29 is 14.2 Å². The van der Waals surface area contributed by atoms with Gasteiger partial charge in [0.25, 0.3) is 0 Å². The van der Waals surface area contributed by atoms with Crippen molar-refractivity contribution in [1.29, 1.82) is 0 Å². The second-order valence-electron chi connectivity index (χ2n) is 6.65. The monoisotopic (exact) mass is 372 g/mol. The van der Waals surface area contributed by atoms with E-state index < -0.39 is 0 Å². The Bertz CT molecular complexity index is 693. The summed E-state index contributed by atoms with van der Waals surface area (Å²) in [5.74, 6) is 2.32. The summed E-state index contributed by atoms with van der Waals surface area (Å²) in [6, 6.07) is 15.4. The summed E-state index contributed by atoms with van der Waals surface area (Å²) in [7, 11) is 1.63. The Morgan fingerprint density at radius 1 is 1.07 bits per heavy atom. The number of benzene rings is 2. The van der Waals surface area contributed by atoms with Gasteiger partial charge in [0.05, 0.1) is 7.11 Å². The van der Waals surface area contributed by atoms with Crippen molar-refractivity contribution in [2.75, 3.05) is 39.1 Å². The van der Waals surface area contributed by atoms with E-state index in [0.29, 0.717) is 18.0 Å². The number of hydrogen-bond acceptors (Lipinski definition) is 5. The molecular weight excluding hydrogens is 340 g/mol. The first-order valence-corrected chi connectivity index (χ1v) is 9.61. The maximum absolute atomic E-state index is 6.27. The van der Waals surface area contributed by atoms with Crippen LogP contribution in [0.15, 0.2) is 48.5 Å². The van der Waals surface area contributed by atoms with Crippen LogP contribution in [0.2, 0.25) is 0 Å². The third-order valence-corrected chi connectivity index (χ3v) is 4.48. The fourth-order valence-corrected chi connectivity index (χ4v) is 3.14. The van der Waals surface area contributed by atoms with E-state index in [9.17, 15) is 0 Å². The van der Waals surface area contributed by atoms with Crippen LogP contribution in [-0.2, 0) is 0 Å². The zero-order chi connectivity index (χ0) is 19.7. The van der Waals surface area contributed by atoms with Gasteiger partial charge in [0.2, 0.25) is 0 Å². The average Bonchev–Trinajstić information content (AvgIpc) is 3.06. The Hall–Kier alpha value is -2.40. The molecule has 1 unspecified atom stereocenters. The number of para-hydroxylation sites is 1. The van der Waals surface area contributed by atoms with E-state index in [-0.39, 0.29) is 5.60 Å². The van der Waals surface area contributed by atoms with Gasteiger partial charge in [-0.25, -0.2) is 0 Å². The molecule has 1 saturated heterocycles. The molecule has 0 radical (unpaired) electrons. The molecule has 0 spiro atoms. The number of rotatable bonds is 7. The SMILES string of the molecule is CC.COc1cc(N)ccc1OC1(C)CCN(CCOc2ccccc2)C1. The quantitative estimate of drug-likeness (QED) is 0.737. The molecule has 0 aliphatic carbocycles. The molecular formula is C22H32N2O3. The lowest BCUT2D eigenvalue weighted by atomic mass is 10.1. The van der Waals surface area contributed by atoms with Crippen molar-refractivity contribution in [3.63, 3.8) is 0 Å². The second-order valence-corrected chi connectivity index (χ2v) is 6.65. The highest BCUT2D eigenvalue weighted by Crippen LogP contribution is 2.35. The van der Waals surface area contributed by atoms with E-state index in [2.05, 4.69) is 11.8 Å². The van der Waals surface area contributed by atoms with Crippen LogP contribution < -0.4 is 19.9 Å². The van der Waals surface area contributed by atoms with Gasteiger partial charge in [0, 0.05) is 37.8 Å². The minimum Gasteiger partial charge on any atom is -0.493 e. The van der Waals surface area contributed by atoms with E-state index in [0.717, 1.165) is 37.6 Å². The molecule has 0 saturated carbocycles. The Morgan fingerprint density at radius 2 is 1.81 bits per heavy atom. The third kappa shape index (κ3) is 6.07. The number of methoxy groups -OCH3 is 1. The molecule has 2 N–H and O–H groups in total. The molecule has 1 atom stereocenters. The van der Waals surface area contributed by atoms with Crippen molar-refractivity contribution in [1.82, 2.24) is 4.90 Å². The Kier molecular flexibility index (Phi) is 7.80. The molecule has 0 bridgehead atoms. The molecule has 5 heteroatoms. The fourth-order valence-electron chi connectivity index (χ4n) is 3.14. The number of hydrogen-bond donors (Lipinski definition) is 1. The molecule has 2 aromatic rings. The van der Waals surface area contributed by atoms with Crippen LogP contribution in [0, 0.1) is 0 Å². The number of nitrogens with zero attached hydrogens (tertiary/aromatic N) is 1. The Balaban J connectivity index is 0.00000126. The standard InChI is InChI=1S/C20H26N2O3.C2H6/c1-20(25-18-9-8-16(21)14-19(18)23-2)10-11-22(15-20)12-13-24-17-6-4-3-5-7-17;1-2/h3-9,14H,10-13,15,21H2,1-2H3;1-2H3. The van der Waals surface area contributed by atoms with Crippen LogP contribution in [0.4, 0.5) is 5.69 Å². The molecule has 148 valence electrons. The highest BCUT2D eigenvalue weighted by molar-refractivity contribution is 5.52. The highest BCUT2D eigenvalue weighted by atomic mass is 16.5. The molecule has 5 nitrogen and oxygen atoms in total. The Labute approximate surface area is 163 Å². The summed E-state index contributed by atoms with van der Waals surface area (Å²) in [6.45, 7) is 9.55. The third-order valence-electron chi connectivity index (χ3n) is 4.48. The molecule has 0 aromatic heterocycles. The second kappa shape index (κ2) is 10.1. The molecule has 1 aliphatic rings. The summed E-state index contributed by atoms with van der Waals surface area (Å²) in [6.07, 6.45) is 0.964. The van der Waals surface area contributed by atoms with Gasteiger partial charge in [-0.05, 0) is 31.2 Å². The summed E-state index contributed by atoms with van der Waals surface area (Å²) in [5.41, 5.74) is 6.24. The zero-order valence-corrected chi connectivity index (χ0v) is 16.9. The first-order chi connectivity index (χ1) is 13.1. The van der Waals surface area contributed by atoms with Gasteiger partial charge in [-0.15, -0.1) is 0 Å². The van der Waals surface area contributed by atoms with E-state index in [1.54, 1.807) is 13.2 Å². The lowest BCUT2D eigenvalue weighted by Crippen LogP contribution is -2.37. The van der Waals surface area contributed by atoms with Crippen LogP contribution in [0.1, 0.15) is 27.2 Å². The van der Waals surface area contributed by atoms with Crippen LogP contribution in [0.3, 0.4) is 0 Å². The number of ether oxygens (including phenoxy) is 3. The molecule has 2 aromatic carbocycles. The van der Waals surface area contributed by atoms with Gasteiger partial charge < -0.3 is 19.9 Å². The van der Waals surface area contributed by atoms with E-state index in [4.69, 9.17) is 19.9 Å². The summed E-state index contributed by atoms with van der Waals surface area (Å²) >= 11 is 0. The lowest BCUT2D eigenvalue weighted by molar-refractivity contribution is 0.0898. The van der Waals surface area contributed by atoms with Gasteiger partial charge >= 0.3 is 0 Å². The number of likely N-dealkylation sites (tertiary alicyclic amines) is 1. The van der Waals surface area contributed by atoms with Gasteiger partial charge in [0.1, 0.15) is 18.0 Å². The number of nitrogen functional groups attached to an aromatic ring is 1.